The van der Waals surface area contributed by atoms with Gasteiger partial charge in [0.05, 0.1) is 16.8 Å². The molecule has 2 aromatic carbocycles. The Balaban J connectivity index is 2.33. The zero-order chi connectivity index (χ0) is 14.7. The fourth-order valence-corrected chi connectivity index (χ4v) is 1.99. The minimum absolute atomic E-state index is 0.0248. The molecule has 0 bridgehead atoms. The van der Waals surface area contributed by atoms with Crippen LogP contribution in [0.3, 0.4) is 0 Å². The molecule has 0 heterocycles. The summed E-state index contributed by atoms with van der Waals surface area (Å²) in [5, 5.41) is 11.6. The number of nitrogens with zero attached hydrogens (tertiary/aromatic N) is 1. The van der Waals surface area contributed by atoms with Gasteiger partial charge in [0.15, 0.2) is 0 Å². The van der Waals surface area contributed by atoms with Crippen molar-refractivity contribution in [1.82, 2.24) is 0 Å². The van der Waals surface area contributed by atoms with Crippen molar-refractivity contribution in [2.24, 2.45) is 0 Å². The van der Waals surface area contributed by atoms with E-state index in [1.54, 1.807) is 18.2 Å². The molecule has 100 valence electrons. The van der Waals surface area contributed by atoms with Crippen molar-refractivity contribution in [2.45, 2.75) is 0 Å². The van der Waals surface area contributed by atoms with Crippen LogP contribution in [0, 0.1) is 17.1 Å². The summed E-state index contributed by atoms with van der Waals surface area (Å²) in [6, 6.07) is 10.3. The third-order valence-corrected chi connectivity index (χ3v) is 3.10. The average molecular weight is 334 g/mol. The molecular weight excluding hydrogens is 325 g/mol. The first-order valence-electron chi connectivity index (χ1n) is 5.57. The van der Waals surface area contributed by atoms with Gasteiger partial charge in [0.25, 0.3) is 5.91 Å². The van der Waals surface area contributed by atoms with Crippen molar-refractivity contribution < 1.29 is 9.18 Å². The van der Waals surface area contributed by atoms with E-state index in [1.807, 2.05) is 6.07 Å². The summed E-state index contributed by atoms with van der Waals surface area (Å²) in [7, 11) is 0. The van der Waals surface area contributed by atoms with Gasteiger partial charge in [0, 0.05) is 10.2 Å². The summed E-state index contributed by atoms with van der Waals surface area (Å²) in [5.41, 5.74) is 6.46. The van der Waals surface area contributed by atoms with Crippen LogP contribution in [0.25, 0.3) is 0 Å². The number of halogens is 2. The molecule has 6 heteroatoms. The number of nitrogens with one attached hydrogen (secondary N) is 1. The molecule has 0 atom stereocenters. The van der Waals surface area contributed by atoms with Crippen molar-refractivity contribution in [2.75, 3.05) is 11.1 Å². The molecule has 4 nitrogen and oxygen atoms in total. The zero-order valence-corrected chi connectivity index (χ0v) is 11.7. The molecule has 0 saturated heterocycles. The van der Waals surface area contributed by atoms with Crippen LogP contribution < -0.4 is 11.1 Å². The molecule has 3 N–H and O–H groups in total. The first-order chi connectivity index (χ1) is 9.51. The lowest BCUT2D eigenvalue weighted by Gasteiger charge is -2.09. The number of amides is 1. The van der Waals surface area contributed by atoms with Crippen molar-refractivity contribution in [3.8, 4) is 6.07 Å². The van der Waals surface area contributed by atoms with E-state index < -0.39 is 11.7 Å². The number of nitrogen functional groups attached to an aromatic ring is 1. The number of hydrogen-bond acceptors (Lipinski definition) is 3. The van der Waals surface area contributed by atoms with E-state index in [-0.39, 0.29) is 11.3 Å². The highest BCUT2D eigenvalue weighted by Gasteiger charge is 2.13. The highest BCUT2D eigenvalue weighted by Crippen LogP contribution is 2.22. The maximum Gasteiger partial charge on any atom is 0.257 e. The molecular formula is C14H9BrFN3O. The standard InChI is InChI=1S/C14H9BrFN3O/c15-9-1-4-13(8(5-9)7-17)19-14(20)11-6-10(16)2-3-12(11)18/h1-6H,18H2,(H,19,20). The number of rotatable bonds is 2. The van der Waals surface area contributed by atoms with Crippen LogP contribution in [0.1, 0.15) is 15.9 Å². The molecule has 2 aromatic rings. The second-order valence-electron chi connectivity index (χ2n) is 3.99. The molecule has 20 heavy (non-hydrogen) atoms. The third-order valence-electron chi connectivity index (χ3n) is 2.61. The van der Waals surface area contributed by atoms with Crippen molar-refractivity contribution >= 4 is 33.2 Å². The summed E-state index contributed by atoms with van der Waals surface area (Å²) in [5.74, 6) is -1.12. The minimum Gasteiger partial charge on any atom is -0.398 e. The van der Waals surface area contributed by atoms with Crippen LogP contribution in [0.4, 0.5) is 15.8 Å². The molecule has 0 radical (unpaired) electrons. The molecule has 2 rings (SSSR count). The highest BCUT2D eigenvalue weighted by molar-refractivity contribution is 9.10. The fourth-order valence-electron chi connectivity index (χ4n) is 1.63. The number of hydrogen-bond donors (Lipinski definition) is 2. The van der Waals surface area contributed by atoms with Gasteiger partial charge >= 0.3 is 0 Å². The van der Waals surface area contributed by atoms with Crippen LogP contribution in [-0.2, 0) is 0 Å². The van der Waals surface area contributed by atoms with Crippen LogP contribution >= 0.6 is 15.9 Å². The quantitative estimate of drug-likeness (QED) is 0.827. The number of benzene rings is 2. The molecule has 0 fully saturated rings. The van der Waals surface area contributed by atoms with Crippen molar-refractivity contribution in [3.05, 3.63) is 57.8 Å². The SMILES string of the molecule is N#Cc1cc(Br)ccc1NC(=O)c1cc(F)ccc1N. The Morgan fingerprint density at radius 3 is 2.75 bits per heavy atom. The van der Waals surface area contributed by atoms with Crippen molar-refractivity contribution in [1.29, 1.82) is 5.26 Å². The van der Waals surface area contributed by atoms with Gasteiger partial charge in [-0.3, -0.25) is 4.79 Å². The third kappa shape index (κ3) is 2.95. The Morgan fingerprint density at radius 2 is 2.05 bits per heavy atom. The molecule has 0 aliphatic rings. The molecule has 0 aliphatic heterocycles. The predicted octanol–water partition coefficient (Wildman–Crippen LogP) is 3.29. The summed E-state index contributed by atoms with van der Waals surface area (Å²) < 4.78 is 13.9. The van der Waals surface area contributed by atoms with E-state index in [0.717, 1.165) is 10.5 Å². The van der Waals surface area contributed by atoms with E-state index >= 15 is 0 Å². The summed E-state index contributed by atoms with van der Waals surface area (Å²) in [6.07, 6.45) is 0. The first-order valence-corrected chi connectivity index (χ1v) is 6.36. The lowest BCUT2D eigenvalue weighted by molar-refractivity contribution is 0.102. The Kier molecular flexibility index (Phi) is 4.01. The Hall–Kier alpha value is -2.39. The monoisotopic (exact) mass is 333 g/mol. The Labute approximate surface area is 123 Å². The highest BCUT2D eigenvalue weighted by atomic mass is 79.9. The van der Waals surface area contributed by atoms with Crippen LogP contribution in [0.2, 0.25) is 0 Å². The van der Waals surface area contributed by atoms with Gasteiger partial charge in [-0.25, -0.2) is 4.39 Å². The largest absolute Gasteiger partial charge is 0.398 e. The topological polar surface area (TPSA) is 78.9 Å². The van der Waals surface area contributed by atoms with Crippen LogP contribution in [0.5, 0.6) is 0 Å². The van der Waals surface area contributed by atoms with E-state index in [0.29, 0.717) is 11.3 Å². The Morgan fingerprint density at radius 1 is 1.30 bits per heavy atom. The lowest BCUT2D eigenvalue weighted by Crippen LogP contribution is -2.15. The molecule has 0 saturated carbocycles. The number of anilines is 2. The van der Waals surface area contributed by atoms with Gasteiger partial charge in [-0.15, -0.1) is 0 Å². The first kappa shape index (κ1) is 14.0. The van der Waals surface area contributed by atoms with Gasteiger partial charge in [0.2, 0.25) is 0 Å². The maximum absolute atomic E-state index is 13.2. The number of carbonyl (C=O) groups is 1. The second-order valence-corrected chi connectivity index (χ2v) is 4.90. The fraction of sp³-hybridized carbons (Fsp3) is 0. The van der Waals surface area contributed by atoms with Gasteiger partial charge in [-0.2, -0.15) is 5.26 Å². The zero-order valence-electron chi connectivity index (χ0n) is 10.2. The predicted molar refractivity (Wildman–Crippen MR) is 77.6 cm³/mol. The van der Waals surface area contributed by atoms with Gasteiger partial charge in [-0.05, 0) is 36.4 Å². The van der Waals surface area contributed by atoms with E-state index in [2.05, 4.69) is 21.2 Å². The van der Waals surface area contributed by atoms with Crippen molar-refractivity contribution in [3.63, 3.8) is 0 Å². The minimum atomic E-state index is -0.569. The second kappa shape index (κ2) is 5.72. The summed E-state index contributed by atoms with van der Waals surface area (Å²) >= 11 is 3.24. The number of carbonyl (C=O) groups excluding carboxylic acids is 1. The lowest BCUT2D eigenvalue weighted by atomic mass is 10.1. The summed E-state index contributed by atoms with van der Waals surface area (Å²) in [4.78, 5) is 12.1. The maximum atomic E-state index is 13.2. The van der Waals surface area contributed by atoms with E-state index in [1.165, 1.54) is 12.1 Å². The smallest absolute Gasteiger partial charge is 0.257 e. The Bertz CT molecular complexity index is 725. The van der Waals surface area contributed by atoms with Crippen LogP contribution in [0.15, 0.2) is 40.9 Å². The van der Waals surface area contributed by atoms with Gasteiger partial charge in [-0.1, -0.05) is 15.9 Å². The number of nitriles is 1. The van der Waals surface area contributed by atoms with Crippen LogP contribution in [-0.4, -0.2) is 5.91 Å². The summed E-state index contributed by atoms with van der Waals surface area (Å²) in [6.45, 7) is 0. The average Bonchev–Trinajstić information content (AvgIpc) is 2.43. The van der Waals surface area contributed by atoms with Gasteiger partial charge < -0.3 is 11.1 Å². The normalized spacial score (nSPS) is 9.85. The molecule has 1 amide bonds. The van der Waals surface area contributed by atoms with E-state index in [9.17, 15) is 9.18 Å². The molecule has 0 unspecified atom stereocenters. The number of nitrogens with two attached hydrogens (primary N) is 1. The van der Waals surface area contributed by atoms with E-state index in [4.69, 9.17) is 11.0 Å². The van der Waals surface area contributed by atoms with Gasteiger partial charge in [0.1, 0.15) is 11.9 Å². The molecule has 0 aliphatic carbocycles. The molecule has 0 spiro atoms. The molecule has 0 aromatic heterocycles.